The van der Waals surface area contributed by atoms with Crippen molar-refractivity contribution in [1.29, 1.82) is 0 Å². The van der Waals surface area contributed by atoms with Gasteiger partial charge in [0.1, 0.15) is 10.7 Å². The van der Waals surface area contributed by atoms with Crippen LogP contribution < -0.4 is 10.0 Å². The van der Waals surface area contributed by atoms with Crippen LogP contribution in [-0.4, -0.2) is 52.6 Å². The van der Waals surface area contributed by atoms with E-state index < -0.39 is 32.4 Å². The van der Waals surface area contributed by atoms with Gasteiger partial charge in [-0.05, 0) is 6.07 Å². The van der Waals surface area contributed by atoms with Gasteiger partial charge in [0.05, 0.1) is 0 Å². The Morgan fingerprint density at radius 3 is 2.22 bits per heavy atom. The van der Waals surface area contributed by atoms with Gasteiger partial charge in [0, 0.05) is 45.3 Å². The van der Waals surface area contributed by atoms with E-state index in [-0.39, 0.29) is 37.4 Å². The Balaban J connectivity index is 0.00000242. The zero-order valence-corrected chi connectivity index (χ0v) is 14.5. The molecular formula is C12H18Cl2F3N3O2S. The van der Waals surface area contributed by atoms with E-state index >= 15 is 0 Å². The zero-order valence-electron chi connectivity index (χ0n) is 12.0. The molecule has 0 saturated carbocycles. The van der Waals surface area contributed by atoms with Crippen molar-refractivity contribution in [3.8, 4) is 0 Å². The summed E-state index contributed by atoms with van der Waals surface area (Å²) in [7, 11) is -4.20. The molecule has 2 N–H and O–H groups in total. The lowest BCUT2D eigenvalue weighted by Crippen LogP contribution is -2.46. The fourth-order valence-corrected chi connectivity index (χ4v) is 3.15. The first kappa shape index (κ1) is 22.4. The standard InChI is InChI=1S/C12H16F3N3O2S.2ClH/c13-9-7-11(15)12(8-10(9)14)21(19,20)17-3-6-18-4-1-16-2-5-18;;/h7-8,16-17H,1-6H2;2*1H. The Bertz CT molecular complexity index is 614. The number of piperazine rings is 1. The van der Waals surface area contributed by atoms with Crippen molar-refractivity contribution in [3.05, 3.63) is 29.6 Å². The molecule has 0 radical (unpaired) electrons. The molecule has 1 fully saturated rings. The summed E-state index contributed by atoms with van der Waals surface area (Å²) in [6.07, 6.45) is 0. The Kier molecular flexibility index (Phi) is 9.41. The molecule has 0 aliphatic carbocycles. The second-order valence-electron chi connectivity index (χ2n) is 4.69. The summed E-state index contributed by atoms with van der Waals surface area (Å²) < 4.78 is 65.3. The van der Waals surface area contributed by atoms with Crippen LogP contribution in [0.4, 0.5) is 13.2 Å². The predicted octanol–water partition coefficient (Wildman–Crippen LogP) is 1.13. The van der Waals surface area contributed by atoms with Gasteiger partial charge in [-0.15, -0.1) is 24.8 Å². The van der Waals surface area contributed by atoms with Crippen molar-refractivity contribution in [1.82, 2.24) is 14.9 Å². The first-order valence-electron chi connectivity index (χ1n) is 6.47. The van der Waals surface area contributed by atoms with E-state index in [2.05, 4.69) is 10.0 Å². The van der Waals surface area contributed by atoms with E-state index in [1.807, 2.05) is 4.90 Å². The third-order valence-corrected chi connectivity index (χ3v) is 4.67. The number of nitrogens with zero attached hydrogens (tertiary/aromatic N) is 1. The lowest BCUT2D eigenvalue weighted by molar-refractivity contribution is 0.245. The summed E-state index contributed by atoms with van der Waals surface area (Å²) in [6, 6.07) is 0.567. The highest BCUT2D eigenvalue weighted by molar-refractivity contribution is 7.89. The van der Waals surface area contributed by atoms with E-state index in [0.717, 1.165) is 26.2 Å². The first-order chi connectivity index (χ1) is 9.90. The molecule has 1 heterocycles. The molecule has 1 aromatic rings. The normalized spacial score (nSPS) is 15.6. The fourth-order valence-electron chi connectivity index (χ4n) is 2.06. The van der Waals surface area contributed by atoms with Crippen molar-refractivity contribution in [2.75, 3.05) is 39.3 Å². The average Bonchev–Trinajstić information content (AvgIpc) is 2.43. The summed E-state index contributed by atoms with van der Waals surface area (Å²) >= 11 is 0. The van der Waals surface area contributed by atoms with Crippen molar-refractivity contribution in [2.45, 2.75) is 4.90 Å². The van der Waals surface area contributed by atoms with Crippen LogP contribution in [0.5, 0.6) is 0 Å². The van der Waals surface area contributed by atoms with E-state index in [9.17, 15) is 21.6 Å². The maximum absolute atomic E-state index is 13.5. The molecule has 11 heteroatoms. The molecule has 1 saturated heterocycles. The monoisotopic (exact) mass is 395 g/mol. The minimum Gasteiger partial charge on any atom is -0.314 e. The molecule has 0 amide bonds. The molecule has 23 heavy (non-hydrogen) atoms. The Labute approximate surface area is 145 Å². The first-order valence-corrected chi connectivity index (χ1v) is 7.96. The number of rotatable bonds is 5. The molecule has 1 aliphatic heterocycles. The second kappa shape index (κ2) is 9.65. The van der Waals surface area contributed by atoms with Gasteiger partial charge in [0.25, 0.3) is 0 Å². The van der Waals surface area contributed by atoms with Crippen LogP contribution in [0.1, 0.15) is 0 Å². The minimum absolute atomic E-state index is 0. The molecule has 2 rings (SSSR count). The third kappa shape index (κ3) is 6.09. The van der Waals surface area contributed by atoms with Gasteiger partial charge in [0.2, 0.25) is 10.0 Å². The van der Waals surface area contributed by atoms with Crippen LogP contribution in [0.25, 0.3) is 0 Å². The smallest absolute Gasteiger partial charge is 0.243 e. The van der Waals surface area contributed by atoms with Crippen molar-refractivity contribution in [2.24, 2.45) is 0 Å². The van der Waals surface area contributed by atoms with Gasteiger partial charge in [-0.3, -0.25) is 4.90 Å². The SMILES string of the molecule is Cl.Cl.O=S(=O)(NCCN1CCNCC1)c1cc(F)c(F)cc1F. The van der Waals surface area contributed by atoms with Crippen LogP contribution in [0.2, 0.25) is 0 Å². The average molecular weight is 396 g/mol. The molecule has 0 atom stereocenters. The minimum atomic E-state index is -4.20. The summed E-state index contributed by atoms with van der Waals surface area (Å²) in [5.41, 5.74) is 0. The van der Waals surface area contributed by atoms with Crippen LogP contribution in [0, 0.1) is 17.5 Å². The van der Waals surface area contributed by atoms with E-state index in [0.29, 0.717) is 12.6 Å². The van der Waals surface area contributed by atoms with Crippen molar-refractivity contribution in [3.63, 3.8) is 0 Å². The van der Waals surface area contributed by atoms with Crippen LogP contribution in [0.15, 0.2) is 17.0 Å². The highest BCUT2D eigenvalue weighted by Crippen LogP contribution is 2.18. The molecule has 0 bridgehead atoms. The molecule has 0 aromatic heterocycles. The Morgan fingerprint density at radius 2 is 1.61 bits per heavy atom. The topological polar surface area (TPSA) is 61.4 Å². The largest absolute Gasteiger partial charge is 0.314 e. The van der Waals surface area contributed by atoms with Crippen LogP contribution >= 0.6 is 24.8 Å². The van der Waals surface area contributed by atoms with Gasteiger partial charge < -0.3 is 5.32 Å². The maximum Gasteiger partial charge on any atom is 0.243 e. The maximum atomic E-state index is 13.5. The number of sulfonamides is 1. The second-order valence-corrected chi connectivity index (χ2v) is 6.42. The summed E-state index contributed by atoms with van der Waals surface area (Å²) in [6.45, 7) is 3.77. The fraction of sp³-hybridized carbons (Fsp3) is 0.500. The molecule has 0 spiro atoms. The van der Waals surface area contributed by atoms with Crippen molar-refractivity contribution < 1.29 is 21.6 Å². The molecule has 5 nitrogen and oxygen atoms in total. The van der Waals surface area contributed by atoms with Gasteiger partial charge in [-0.25, -0.2) is 26.3 Å². The van der Waals surface area contributed by atoms with Gasteiger partial charge >= 0.3 is 0 Å². The molecular weight excluding hydrogens is 378 g/mol. The number of halogens is 5. The van der Waals surface area contributed by atoms with E-state index in [1.54, 1.807) is 0 Å². The predicted molar refractivity (Wildman–Crippen MR) is 85.3 cm³/mol. The zero-order chi connectivity index (χ0) is 15.5. The Morgan fingerprint density at radius 1 is 1.04 bits per heavy atom. The van der Waals surface area contributed by atoms with Gasteiger partial charge in [-0.1, -0.05) is 0 Å². The van der Waals surface area contributed by atoms with E-state index in [1.165, 1.54) is 0 Å². The summed E-state index contributed by atoms with van der Waals surface area (Å²) in [5.74, 6) is -4.14. The van der Waals surface area contributed by atoms with Crippen LogP contribution in [-0.2, 0) is 10.0 Å². The molecule has 1 aromatic carbocycles. The van der Waals surface area contributed by atoms with Gasteiger partial charge in [0.15, 0.2) is 11.6 Å². The number of nitrogens with one attached hydrogen (secondary N) is 2. The summed E-state index contributed by atoms with van der Waals surface area (Å²) in [5, 5.41) is 3.16. The third-order valence-electron chi connectivity index (χ3n) is 3.19. The van der Waals surface area contributed by atoms with Crippen molar-refractivity contribution >= 4 is 34.8 Å². The highest BCUT2D eigenvalue weighted by Gasteiger charge is 2.22. The van der Waals surface area contributed by atoms with E-state index in [4.69, 9.17) is 0 Å². The molecule has 0 unspecified atom stereocenters. The lowest BCUT2D eigenvalue weighted by Gasteiger charge is -2.27. The Hall–Kier alpha value is -0.580. The molecule has 1 aliphatic rings. The number of hydrogen-bond donors (Lipinski definition) is 2. The van der Waals surface area contributed by atoms with Gasteiger partial charge in [-0.2, -0.15) is 0 Å². The quantitative estimate of drug-likeness (QED) is 0.733. The van der Waals surface area contributed by atoms with Crippen LogP contribution in [0.3, 0.4) is 0 Å². The number of benzene rings is 1. The highest BCUT2D eigenvalue weighted by atomic mass is 35.5. The number of hydrogen-bond acceptors (Lipinski definition) is 4. The molecule has 134 valence electrons. The lowest BCUT2D eigenvalue weighted by atomic mass is 10.3. The summed E-state index contributed by atoms with van der Waals surface area (Å²) in [4.78, 5) is 1.15.